The predicted octanol–water partition coefficient (Wildman–Crippen LogP) is 2.29. The third kappa shape index (κ3) is 10.4. The van der Waals surface area contributed by atoms with Crippen molar-refractivity contribution in [1.82, 2.24) is 5.32 Å². The van der Waals surface area contributed by atoms with Crippen LogP contribution >= 0.6 is 7.37 Å². The number of aliphatic hydroxyl groups is 1. The number of aliphatic hydroxyl groups excluding tert-OH is 1. The summed E-state index contributed by atoms with van der Waals surface area (Å²) in [5.41, 5.74) is 7.10. The zero-order chi connectivity index (χ0) is 24.4. The summed E-state index contributed by atoms with van der Waals surface area (Å²) in [5, 5.41) is 13.0. The minimum absolute atomic E-state index is 0.0368. The average Bonchev–Trinajstić information content (AvgIpc) is 2.76. The summed E-state index contributed by atoms with van der Waals surface area (Å²) < 4.78 is 12.1. The van der Waals surface area contributed by atoms with E-state index in [1.165, 1.54) is 6.42 Å². The summed E-state index contributed by atoms with van der Waals surface area (Å²) in [4.78, 5) is 35.8. The van der Waals surface area contributed by atoms with Crippen LogP contribution in [0.2, 0.25) is 4.71 Å². The molecule has 0 saturated heterocycles. The van der Waals surface area contributed by atoms with Gasteiger partial charge in [0.25, 0.3) is 0 Å². The van der Waals surface area contributed by atoms with E-state index >= 15 is 0 Å². The fourth-order valence-electron chi connectivity index (χ4n) is 4.33. The van der Waals surface area contributed by atoms with E-state index in [0.717, 1.165) is 31.2 Å². The van der Waals surface area contributed by atoms with Crippen molar-refractivity contribution >= 4 is 33.6 Å². The van der Waals surface area contributed by atoms with Gasteiger partial charge in [-0.3, -0.25) is 0 Å². The third-order valence-corrected chi connectivity index (χ3v) is 12.2. The number of rotatable bonds is 13. The Balaban J connectivity index is 1.82. The second kappa shape index (κ2) is 13.8. The van der Waals surface area contributed by atoms with Crippen LogP contribution in [-0.4, -0.2) is 67.2 Å². The van der Waals surface area contributed by atoms with E-state index in [2.05, 4.69) is 5.32 Å². The first-order chi connectivity index (χ1) is 15.6. The van der Waals surface area contributed by atoms with E-state index < -0.39 is 40.0 Å². The summed E-state index contributed by atoms with van der Waals surface area (Å²) in [6, 6.07) is 8.93. The van der Waals surface area contributed by atoms with E-state index in [-0.39, 0.29) is 41.2 Å². The minimum atomic E-state index is -3.45. The van der Waals surface area contributed by atoms with Crippen LogP contribution in [0.15, 0.2) is 30.3 Å². The Bertz CT molecular complexity index is 801. The van der Waals surface area contributed by atoms with Gasteiger partial charge in [-0.05, 0) is 0 Å². The van der Waals surface area contributed by atoms with E-state index in [4.69, 9.17) is 5.73 Å². The third-order valence-electron chi connectivity index (χ3n) is 6.16. The van der Waals surface area contributed by atoms with Crippen LogP contribution in [0.1, 0.15) is 51.5 Å². The van der Waals surface area contributed by atoms with Gasteiger partial charge in [0.05, 0.1) is 0 Å². The first kappa shape index (κ1) is 28.3. The van der Waals surface area contributed by atoms with E-state index in [1.807, 2.05) is 44.2 Å². The van der Waals surface area contributed by atoms with E-state index in [1.54, 1.807) is 0 Å². The first-order valence-electron chi connectivity index (χ1n) is 11.9. The molecule has 5 N–H and O–H groups in total. The topological polar surface area (TPSA) is 130 Å². The molecule has 1 aromatic rings. The zero-order valence-electron chi connectivity index (χ0n) is 19.8. The molecule has 0 aliphatic heterocycles. The van der Waals surface area contributed by atoms with Gasteiger partial charge in [0.2, 0.25) is 0 Å². The molecular formula is C24H40AsN2O5P. The molecule has 7 nitrogen and oxygen atoms in total. The molecule has 9 heteroatoms. The van der Waals surface area contributed by atoms with Crippen molar-refractivity contribution < 1.29 is 24.2 Å². The molecule has 0 spiro atoms. The van der Waals surface area contributed by atoms with Crippen LogP contribution in [0.5, 0.6) is 0 Å². The molecule has 5 atom stereocenters. The van der Waals surface area contributed by atoms with Gasteiger partial charge < -0.3 is 0 Å². The second-order valence-corrected chi connectivity index (χ2v) is 15.0. The average molecular weight is 542 g/mol. The molecule has 1 amide bonds. The Morgan fingerprint density at radius 3 is 2.42 bits per heavy atom. The van der Waals surface area contributed by atoms with Gasteiger partial charge in [0, 0.05) is 0 Å². The van der Waals surface area contributed by atoms with Gasteiger partial charge in [0.15, 0.2) is 0 Å². The molecule has 186 valence electrons. The van der Waals surface area contributed by atoms with Crippen LogP contribution in [-0.2, 0) is 20.6 Å². The van der Waals surface area contributed by atoms with Crippen molar-refractivity contribution in [3.63, 3.8) is 0 Å². The summed E-state index contributed by atoms with van der Waals surface area (Å²) >= 11 is -1.32. The Morgan fingerprint density at radius 1 is 1.18 bits per heavy atom. The van der Waals surface area contributed by atoms with E-state index in [0.29, 0.717) is 6.42 Å². The van der Waals surface area contributed by atoms with Gasteiger partial charge in [0.1, 0.15) is 0 Å². The maximum atomic E-state index is 12.8. The van der Waals surface area contributed by atoms with Crippen LogP contribution < -0.4 is 11.1 Å². The number of carbonyl (C=O) groups excluding carboxylic acids is 2. The Labute approximate surface area is 204 Å². The van der Waals surface area contributed by atoms with Gasteiger partial charge in [-0.25, -0.2) is 0 Å². The number of nitrogens with two attached hydrogens (primary N) is 1. The number of hydrogen-bond acceptors (Lipinski definition) is 5. The first-order valence-corrected chi connectivity index (χ1v) is 16.2. The fourth-order valence-corrected chi connectivity index (χ4v) is 8.93. The monoisotopic (exact) mass is 542 g/mol. The predicted molar refractivity (Wildman–Crippen MR) is 134 cm³/mol. The number of carbonyl (C=O) groups is 2. The SMILES string of the molecule is CC(C)[C@@H]([AsH]C(=O)[C@@H](N)Cc1ccccc1)C(=O)NC[C@@H](O)CP(=O)(O)CC1CCCCC1. The Kier molecular flexibility index (Phi) is 11.8. The molecule has 2 unspecified atom stereocenters. The van der Waals surface area contributed by atoms with Crippen LogP contribution in [0.3, 0.4) is 0 Å². The Hall–Kier alpha value is -0.972. The quantitative estimate of drug-likeness (QED) is 0.224. The number of hydrogen-bond donors (Lipinski definition) is 4. The van der Waals surface area contributed by atoms with Crippen molar-refractivity contribution in [2.24, 2.45) is 17.6 Å². The fraction of sp³-hybridized carbons (Fsp3) is 0.667. The van der Waals surface area contributed by atoms with Crippen molar-refractivity contribution in [2.45, 2.75) is 69.2 Å². The van der Waals surface area contributed by atoms with E-state index in [9.17, 15) is 24.2 Å². The van der Waals surface area contributed by atoms with Crippen LogP contribution in [0, 0.1) is 11.8 Å². The molecule has 0 radical (unpaired) electrons. The van der Waals surface area contributed by atoms with Crippen molar-refractivity contribution in [2.75, 3.05) is 18.9 Å². The van der Waals surface area contributed by atoms with Gasteiger partial charge in [-0.15, -0.1) is 0 Å². The van der Waals surface area contributed by atoms with Crippen molar-refractivity contribution in [1.29, 1.82) is 0 Å². The van der Waals surface area contributed by atoms with Crippen molar-refractivity contribution in [3.8, 4) is 0 Å². The number of amides is 1. The molecule has 33 heavy (non-hydrogen) atoms. The zero-order valence-corrected chi connectivity index (χ0v) is 22.8. The van der Waals surface area contributed by atoms with Crippen LogP contribution in [0.25, 0.3) is 0 Å². The van der Waals surface area contributed by atoms with Crippen molar-refractivity contribution in [3.05, 3.63) is 35.9 Å². The molecule has 0 aromatic heterocycles. The van der Waals surface area contributed by atoms with Crippen LogP contribution in [0.4, 0.5) is 0 Å². The second-order valence-electron chi connectivity index (χ2n) is 9.64. The normalized spacial score (nSPS) is 19.8. The molecule has 1 saturated carbocycles. The summed E-state index contributed by atoms with van der Waals surface area (Å²) in [7, 11) is -3.45. The number of benzene rings is 1. The maximum absolute atomic E-state index is 12.8. The molecule has 1 aliphatic rings. The summed E-state index contributed by atoms with van der Waals surface area (Å²) in [6.45, 7) is 3.70. The van der Waals surface area contributed by atoms with Gasteiger partial charge in [-0.2, -0.15) is 0 Å². The molecule has 1 aromatic carbocycles. The van der Waals surface area contributed by atoms with Gasteiger partial charge in [-0.1, -0.05) is 0 Å². The molecular weight excluding hydrogens is 502 g/mol. The Morgan fingerprint density at radius 2 is 1.82 bits per heavy atom. The molecule has 2 rings (SSSR count). The molecule has 0 heterocycles. The molecule has 1 aliphatic carbocycles. The van der Waals surface area contributed by atoms with Gasteiger partial charge >= 0.3 is 205 Å². The molecule has 0 bridgehead atoms. The summed E-state index contributed by atoms with van der Waals surface area (Å²) in [5.74, 6) is -0.0761. The summed E-state index contributed by atoms with van der Waals surface area (Å²) in [6.07, 6.45) is 4.70. The number of nitrogens with one attached hydrogen (secondary N) is 1. The molecule has 1 fully saturated rings. The standard InChI is InChI=1S/C24H40AsN2O5P/c1-17(2)22(25-23(29)21(26)13-18-9-5-3-6-10-18)24(30)27-14-20(28)16-33(31,32)15-19-11-7-4-8-12-19/h3,5-6,9-10,17,19-22,25,28H,4,7-8,11-16,26H2,1-2H3,(H,27,30)(H,31,32)/t20-,21+,22-/m1/s1.